The maximum atomic E-state index is 13.8. The van der Waals surface area contributed by atoms with Crippen LogP contribution in [0, 0.1) is 0 Å². The molecule has 3 N–H and O–H groups in total. The second-order valence-electron chi connectivity index (χ2n) is 4.50. The quantitative estimate of drug-likeness (QED) is 0.714. The number of H-pyrrole nitrogens is 1. The van der Waals surface area contributed by atoms with Crippen molar-refractivity contribution in [2.24, 2.45) is 0 Å². The zero-order valence-corrected chi connectivity index (χ0v) is 11.6. The Morgan fingerprint density at radius 2 is 2.35 bits per heavy atom. The molecule has 0 unspecified atom stereocenters. The van der Waals surface area contributed by atoms with Gasteiger partial charge in [-0.25, -0.2) is 9.37 Å². The van der Waals surface area contributed by atoms with Crippen LogP contribution in [-0.4, -0.2) is 49.7 Å². The Morgan fingerprint density at radius 1 is 1.60 bits per heavy atom. The first-order valence-corrected chi connectivity index (χ1v) is 6.66. The minimum atomic E-state index is -1.71. The fraction of sp³-hybridized carbons (Fsp3) is 0.455. The van der Waals surface area contributed by atoms with E-state index in [1.807, 2.05) is 0 Å². The first kappa shape index (κ1) is 13.7. The number of nitrogens with zero attached hydrogens (tertiary/aromatic N) is 2. The van der Waals surface area contributed by atoms with Gasteiger partial charge < -0.3 is 24.5 Å². The highest BCUT2D eigenvalue weighted by Crippen LogP contribution is 2.34. The molecule has 0 aromatic carbocycles. The van der Waals surface area contributed by atoms with Gasteiger partial charge in [0.15, 0.2) is 18.0 Å². The second kappa shape index (κ2) is 4.92. The lowest BCUT2D eigenvalue weighted by atomic mass is 10.1. The molecule has 3 heterocycles. The van der Waals surface area contributed by atoms with E-state index in [-0.39, 0.29) is 16.6 Å². The highest BCUT2D eigenvalue weighted by Gasteiger charge is 2.45. The minimum Gasteiger partial charge on any atom is -0.394 e. The number of halogens is 2. The van der Waals surface area contributed by atoms with Crippen molar-refractivity contribution >= 4 is 27.0 Å². The van der Waals surface area contributed by atoms with Gasteiger partial charge in [-0.3, -0.25) is 4.79 Å². The number of alkyl halides is 1. The summed E-state index contributed by atoms with van der Waals surface area (Å²) >= 11 is 3.22. The van der Waals surface area contributed by atoms with Crippen molar-refractivity contribution in [3.63, 3.8) is 0 Å². The highest BCUT2D eigenvalue weighted by molar-refractivity contribution is 9.10. The number of fused-ring (bicyclic) bond motifs is 1. The van der Waals surface area contributed by atoms with Crippen LogP contribution in [0.5, 0.6) is 0 Å². The number of rotatable bonds is 2. The molecule has 4 atom stereocenters. The van der Waals surface area contributed by atoms with E-state index in [1.165, 1.54) is 17.1 Å². The number of nitrogens with one attached hydrogen (secondary N) is 1. The number of aliphatic hydroxyl groups excluding tert-OH is 2. The van der Waals surface area contributed by atoms with Gasteiger partial charge in [-0.2, -0.15) is 0 Å². The maximum Gasteiger partial charge on any atom is 0.261 e. The highest BCUT2D eigenvalue weighted by atomic mass is 79.9. The van der Waals surface area contributed by atoms with Crippen LogP contribution in [0.15, 0.2) is 21.8 Å². The number of aromatic nitrogens is 3. The first-order valence-electron chi connectivity index (χ1n) is 5.86. The number of ether oxygens (including phenoxy) is 1. The number of aliphatic hydroxyl groups is 2. The molecule has 2 aromatic heterocycles. The number of hydrogen-bond donors (Lipinski definition) is 3. The largest absolute Gasteiger partial charge is 0.394 e. The van der Waals surface area contributed by atoms with Crippen molar-refractivity contribution in [1.82, 2.24) is 14.5 Å². The third kappa shape index (κ3) is 1.89. The van der Waals surface area contributed by atoms with Crippen LogP contribution in [-0.2, 0) is 4.74 Å². The van der Waals surface area contributed by atoms with Crippen LogP contribution in [0.4, 0.5) is 4.39 Å². The molecule has 2 aromatic rings. The number of aromatic amines is 1. The van der Waals surface area contributed by atoms with Crippen molar-refractivity contribution < 1.29 is 19.3 Å². The van der Waals surface area contributed by atoms with Crippen LogP contribution in [0.25, 0.3) is 11.0 Å². The van der Waals surface area contributed by atoms with Gasteiger partial charge >= 0.3 is 0 Å². The monoisotopic (exact) mass is 347 g/mol. The van der Waals surface area contributed by atoms with Crippen molar-refractivity contribution in [3.8, 4) is 0 Å². The lowest BCUT2D eigenvalue weighted by Gasteiger charge is -2.16. The summed E-state index contributed by atoms with van der Waals surface area (Å²) in [6, 6.07) is 0. The Morgan fingerprint density at radius 3 is 3.00 bits per heavy atom. The number of hydrogen-bond acceptors (Lipinski definition) is 5. The van der Waals surface area contributed by atoms with Crippen LogP contribution in [0.3, 0.4) is 0 Å². The van der Waals surface area contributed by atoms with E-state index < -0.39 is 31.2 Å². The molecule has 7 nitrogen and oxygen atoms in total. The Labute approximate surface area is 120 Å². The zero-order valence-electron chi connectivity index (χ0n) is 10.0. The predicted octanol–water partition coefficient (Wildman–Crippen LogP) is 0.0758. The summed E-state index contributed by atoms with van der Waals surface area (Å²) in [6.07, 6.45) is -2.60. The molecular weight excluding hydrogens is 337 g/mol. The molecule has 9 heteroatoms. The topological polar surface area (TPSA) is 100 Å². The van der Waals surface area contributed by atoms with E-state index in [2.05, 4.69) is 25.9 Å². The van der Waals surface area contributed by atoms with E-state index in [1.54, 1.807) is 0 Å². The summed E-state index contributed by atoms with van der Waals surface area (Å²) in [6.45, 7) is -0.539. The molecule has 0 aliphatic carbocycles. The Kier molecular flexibility index (Phi) is 3.36. The molecule has 20 heavy (non-hydrogen) atoms. The third-order valence-electron chi connectivity index (χ3n) is 3.31. The molecule has 1 aliphatic rings. The normalized spacial score (nSPS) is 30.2. The maximum absolute atomic E-state index is 13.8. The molecule has 1 aliphatic heterocycles. The molecule has 108 valence electrons. The molecule has 0 amide bonds. The summed E-state index contributed by atoms with van der Waals surface area (Å²) in [4.78, 5) is 18.2. The fourth-order valence-corrected chi connectivity index (χ4v) is 2.91. The molecule has 0 saturated carbocycles. The van der Waals surface area contributed by atoms with Gasteiger partial charge in [-0.1, -0.05) is 0 Å². The van der Waals surface area contributed by atoms with Crippen molar-refractivity contribution in [2.45, 2.75) is 24.6 Å². The van der Waals surface area contributed by atoms with E-state index in [9.17, 15) is 14.3 Å². The fourth-order valence-electron chi connectivity index (χ4n) is 2.33. The molecule has 1 fully saturated rings. The zero-order chi connectivity index (χ0) is 14.4. The van der Waals surface area contributed by atoms with Gasteiger partial charge in [0.25, 0.3) is 5.56 Å². The van der Waals surface area contributed by atoms with Gasteiger partial charge in [-0.15, -0.1) is 0 Å². The summed E-state index contributed by atoms with van der Waals surface area (Å²) in [5.74, 6) is 0. The second-order valence-corrected chi connectivity index (χ2v) is 5.35. The van der Waals surface area contributed by atoms with E-state index >= 15 is 0 Å². The molecule has 1 saturated heterocycles. The molecule has 0 spiro atoms. The van der Waals surface area contributed by atoms with Gasteiger partial charge in [0.1, 0.15) is 12.2 Å². The Bertz CT molecular complexity index is 703. The molecular formula is C11H11BrFN3O4. The Balaban J connectivity index is 2.12. The summed E-state index contributed by atoms with van der Waals surface area (Å²) in [5.41, 5.74) is -0.0981. The smallest absolute Gasteiger partial charge is 0.261 e. The lowest BCUT2D eigenvalue weighted by molar-refractivity contribution is -0.0493. The SMILES string of the molecule is O=c1[nH]cnc2c1c(Br)cn2[C@@H]1O[C@H](CO)[C@@H](F)[C@H]1O. The molecule has 0 bridgehead atoms. The third-order valence-corrected chi connectivity index (χ3v) is 3.91. The predicted molar refractivity (Wildman–Crippen MR) is 70.0 cm³/mol. The van der Waals surface area contributed by atoms with Gasteiger partial charge in [-0.05, 0) is 15.9 Å². The van der Waals surface area contributed by atoms with Crippen LogP contribution >= 0.6 is 15.9 Å². The van der Waals surface area contributed by atoms with Gasteiger partial charge in [0.05, 0.1) is 22.8 Å². The summed E-state index contributed by atoms with van der Waals surface area (Å²) < 4.78 is 20.9. The molecule has 3 rings (SSSR count). The average Bonchev–Trinajstić information content (AvgIpc) is 2.90. The van der Waals surface area contributed by atoms with E-state index in [0.29, 0.717) is 4.47 Å². The van der Waals surface area contributed by atoms with Crippen molar-refractivity contribution in [1.29, 1.82) is 0 Å². The van der Waals surface area contributed by atoms with Gasteiger partial charge in [0, 0.05) is 6.20 Å². The summed E-state index contributed by atoms with van der Waals surface area (Å²) in [7, 11) is 0. The van der Waals surface area contributed by atoms with Crippen molar-refractivity contribution in [2.75, 3.05) is 6.61 Å². The minimum absolute atomic E-state index is 0.260. The summed E-state index contributed by atoms with van der Waals surface area (Å²) in [5, 5.41) is 19.2. The average molecular weight is 348 g/mol. The van der Waals surface area contributed by atoms with Crippen molar-refractivity contribution in [3.05, 3.63) is 27.4 Å². The van der Waals surface area contributed by atoms with Crippen LogP contribution in [0.1, 0.15) is 6.23 Å². The lowest BCUT2D eigenvalue weighted by Crippen LogP contribution is -2.29. The van der Waals surface area contributed by atoms with Crippen LogP contribution in [0.2, 0.25) is 0 Å². The first-order chi connectivity index (χ1) is 9.54. The molecule has 0 radical (unpaired) electrons. The van der Waals surface area contributed by atoms with Crippen LogP contribution < -0.4 is 5.56 Å². The van der Waals surface area contributed by atoms with E-state index in [4.69, 9.17) is 9.84 Å². The Hall–Kier alpha value is -1.29. The standard InChI is InChI=1S/C11H11BrFN3O4/c12-4-1-16(9-6(4)10(19)15-3-14-9)11-8(18)7(13)5(2-17)20-11/h1,3,5,7-8,11,17-18H,2H2,(H,14,15,19)/t5-,7-,8-,11-/m1/s1. The van der Waals surface area contributed by atoms with Gasteiger partial charge in [0.2, 0.25) is 0 Å². The van der Waals surface area contributed by atoms with E-state index in [0.717, 1.165) is 0 Å².